The highest BCUT2D eigenvalue weighted by molar-refractivity contribution is 6.18. The fraction of sp³-hybridized carbons (Fsp3) is 0.735. The summed E-state index contributed by atoms with van der Waals surface area (Å²) in [5, 5.41) is 0. The number of hydrogen-bond donors (Lipinski definition) is 0. The molecule has 4 aliphatic rings. The number of rotatable bonds is 8. The summed E-state index contributed by atoms with van der Waals surface area (Å²) in [4.78, 5) is 93.7. The molecule has 0 heterocycles. The first-order valence-corrected chi connectivity index (χ1v) is 15.5. The van der Waals surface area contributed by atoms with Gasteiger partial charge in [-0.3, -0.25) is 33.6 Å². The van der Waals surface area contributed by atoms with E-state index in [0.717, 1.165) is 0 Å². The molecule has 4 rings (SSSR count). The van der Waals surface area contributed by atoms with E-state index in [9.17, 15) is 33.6 Å². The highest BCUT2D eigenvalue weighted by Crippen LogP contribution is 2.70. The third-order valence-electron chi connectivity index (χ3n) is 11.8. The molecule has 0 aromatic rings. The fourth-order valence-electron chi connectivity index (χ4n) is 9.27. The number of ether oxygens (including phenoxy) is 2. The standard InChI is InChI=1S/C34H46O9/c1-10-42-30(41)18(3)14-20(36)13-17(2)21-15-25(39)34(9)26-22(37)16-23-31(5,6)24(38)11-12-32(23,7)27(26)28(40)29(33(21,34)8)43-19(4)35/h17-18,21,23,29H,10-16H2,1-9H3/t17-,18?,21-,23+,29-,32+,33+,34+/m1/s1. The van der Waals surface area contributed by atoms with Gasteiger partial charge in [0.25, 0.3) is 0 Å². The van der Waals surface area contributed by atoms with Crippen LogP contribution in [0.25, 0.3) is 0 Å². The lowest BCUT2D eigenvalue weighted by molar-refractivity contribution is -0.175. The average Bonchev–Trinajstić information content (AvgIpc) is 3.12. The van der Waals surface area contributed by atoms with E-state index in [1.165, 1.54) is 6.92 Å². The summed E-state index contributed by atoms with van der Waals surface area (Å²) in [6.07, 6.45) is -0.665. The molecule has 0 bridgehead atoms. The molecule has 9 heteroatoms. The molecule has 2 fully saturated rings. The Hall–Kier alpha value is -2.97. The topological polar surface area (TPSA) is 138 Å². The Bertz CT molecular complexity index is 1340. The zero-order valence-electron chi connectivity index (χ0n) is 27.0. The van der Waals surface area contributed by atoms with Gasteiger partial charge >= 0.3 is 11.9 Å². The maximum Gasteiger partial charge on any atom is 0.309 e. The Kier molecular flexibility index (Phi) is 8.33. The van der Waals surface area contributed by atoms with Crippen molar-refractivity contribution < 1.29 is 43.0 Å². The fourth-order valence-corrected chi connectivity index (χ4v) is 9.27. The molecule has 0 saturated heterocycles. The summed E-state index contributed by atoms with van der Waals surface area (Å²) in [6.45, 7) is 15.6. The van der Waals surface area contributed by atoms with Gasteiger partial charge in [0.1, 0.15) is 17.3 Å². The van der Waals surface area contributed by atoms with Crippen molar-refractivity contribution in [2.75, 3.05) is 6.61 Å². The largest absolute Gasteiger partial charge is 0.466 e. The van der Waals surface area contributed by atoms with E-state index in [4.69, 9.17) is 9.47 Å². The van der Waals surface area contributed by atoms with Crippen LogP contribution in [0.2, 0.25) is 0 Å². The molecule has 1 unspecified atom stereocenters. The molecule has 43 heavy (non-hydrogen) atoms. The lowest BCUT2D eigenvalue weighted by atomic mass is 9.42. The number of Topliss-reactive ketones (excluding diaryl/α,β-unsaturated/α-hetero) is 5. The van der Waals surface area contributed by atoms with Crippen LogP contribution in [0.1, 0.15) is 101 Å². The van der Waals surface area contributed by atoms with Gasteiger partial charge in [0.05, 0.1) is 17.9 Å². The van der Waals surface area contributed by atoms with E-state index in [1.807, 2.05) is 27.7 Å². The predicted molar refractivity (Wildman–Crippen MR) is 155 cm³/mol. The molecule has 0 spiro atoms. The van der Waals surface area contributed by atoms with E-state index in [-0.39, 0.29) is 73.0 Å². The van der Waals surface area contributed by atoms with Crippen LogP contribution in [-0.4, -0.2) is 53.6 Å². The molecular weight excluding hydrogens is 552 g/mol. The maximum atomic E-state index is 14.7. The lowest BCUT2D eigenvalue weighted by Gasteiger charge is -2.59. The second-order valence-corrected chi connectivity index (χ2v) is 14.6. The summed E-state index contributed by atoms with van der Waals surface area (Å²) in [7, 11) is 0. The number of fused-ring (bicyclic) bond motifs is 4. The van der Waals surface area contributed by atoms with Crippen molar-refractivity contribution in [3.05, 3.63) is 11.1 Å². The van der Waals surface area contributed by atoms with Crippen LogP contribution in [-0.2, 0) is 43.0 Å². The number of hydrogen-bond acceptors (Lipinski definition) is 9. The summed E-state index contributed by atoms with van der Waals surface area (Å²) >= 11 is 0. The van der Waals surface area contributed by atoms with Gasteiger partial charge in [0.15, 0.2) is 11.9 Å². The zero-order chi connectivity index (χ0) is 32.4. The minimum absolute atomic E-state index is 0.00804. The van der Waals surface area contributed by atoms with Gasteiger partial charge in [-0.25, -0.2) is 0 Å². The second-order valence-electron chi connectivity index (χ2n) is 14.6. The average molecular weight is 599 g/mol. The Labute approximate surface area is 253 Å². The van der Waals surface area contributed by atoms with Crippen molar-refractivity contribution in [3.8, 4) is 0 Å². The van der Waals surface area contributed by atoms with E-state index < -0.39 is 69.2 Å². The minimum Gasteiger partial charge on any atom is -0.466 e. The third-order valence-corrected chi connectivity index (χ3v) is 11.8. The predicted octanol–water partition coefficient (Wildman–Crippen LogP) is 4.57. The minimum atomic E-state index is -1.44. The SMILES string of the molecule is CCOC(=O)C(C)CC(=O)C[C@@H](C)[C@H]1CC(=O)[C@@]2(C)C3=C(C(=O)[C@@H](OC(C)=O)[C@]12C)[C@@]1(C)CCC(=O)C(C)(C)[C@@H]1CC3=O. The number of carbonyl (C=O) groups is 7. The molecule has 2 saturated carbocycles. The molecule has 0 aliphatic heterocycles. The van der Waals surface area contributed by atoms with Gasteiger partial charge in [-0.1, -0.05) is 41.5 Å². The Morgan fingerprint density at radius 1 is 0.907 bits per heavy atom. The van der Waals surface area contributed by atoms with Crippen LogP contribution in [0, 0.1) is 45.3 Å². The monoisotopic (exact) mass is 598 g/mol. The quantitative estimate of drug-likeness (QED) is 0.368. The van der Waals surface area contributed by atoms with Crippen LogP contribution in [0.3, 0.4) is 0 Å². The van der Waals surface area contributed by atoms with Gasteiger partial charge < -0.3 is 9.47 Å². The van der Waals surface area contributed by atoms with Crippen LogP contribution in [0.4, 0.5) is 0 Å². The van der Waals surface area contributed by atoms with Gasteiger partial charge in [-0.15, -0.1) is 0 Å². The molecule has 236 valence electrons. The lowest BCUT2D eigenvalue weighted by Crippen LogP contribution is -2.64. The number of ketones is 5. The van der Waals surface area contributed by atoms with Crippen LogP contribution < -0.4 is 0 Å². The summed E-state index contributed by atoms with van der Waals surface area (Å²) in [6, 6.07) is 0. The highest BCUT2D eigenvalue weighted by Gasteiger charge is 2.74. The van der Waals surface area contributed by atoms with E-state index in [0.29, 0.717) is 6.42 Å². The van der Waals surface area contributed by atoms with Gasteiger partial charge in [0.2, 0.25) is 5.78 Å². The van der Waals surface area contributed by atoms with Crippen molar-refractivity contribution in [1.82, 2.24) is 0 Å². The summed E-state index contributed by atoms with van der Waals surface area (Å²) < 4.78 is 10.9. The van der Waals surface area contributed by atoms with Crippen LogP contribution in [0.5, 0.6) is 0 Å². The third kappa shape index (κ3) is 4.67. The van der Waals surface area contributed by atoms with Crippen molar-refractivity contribution in [1.29, 1.82) is 0 Å². The maximum absolute atomic E-state index is 14.7. The van der Waals surface area contributed by atoms with E-state index in [1.54, 1.807) is 27.7 Å². The van der Waals surface area contributed by atoms with Crippen molar-refractivity contribution in [2.24, 2.45) is 45.3 Å². The van der Waals surface area contributed by atoms with E-state index >= 15 is 0 Å². The molecule has 0 N–H and O–H groups in total. The van der Waals surface area contributed by atoms with Crippen molar-refractivity contribution in [2.45, 2.75) is 107 Å². The number of esters is 2. The second kappa shape index (κ2) is 10.9. The molecule has 8 atom stereocenters. The van der Waals surface area contributed by atoms with Crippen molar-refractivity contribution in [3.63, 3.8) is 0 Å². The molecular formula is C34H46O9. The van der Waals surface area contributed by atoms with Gasteiger partial charge in [0, 0.05) is 66.4 Å². The molecule has 0 aromatic carbocycles. The summed E-state index contributed by atoms with van der Waals surface area (Å²) in [5.41, 5.74) is -4.00. The highest BCUT2D eigenvalue weighted by atomic mass is 16.5. The van der Waals surface area contributed by atoms with Gasteiger partial charge in [-0.05, 0) is 38.0 Å². The van der Waals surface area contributed by atoms with Gasteiger partial charge in [-0.2, -0.15) is 0 Å². The van der Waals surface area contributed by atoms with E-state index in [2.05, 4.69) is 0 Å². The summed E-state index contributed by atoms with van der Waals surface area (Å²) in [5.74, 6) is -4.34. The zero-order valence-corrected chi connectivity index (χ0v) is 27.0. The van der Waals surface area contributed by atoms with Crippen LogP contribution in [0.15, 0.2) is 11.1 Å². The number of carbonyl (C=O) groups excluding carboxylic acids is 7. The Balaban J connectivity index is 1.82. The Morgan fingerprint density at radius 2 is 1.53 bits per heavy atom. The first kappa shape index (κ1) is 32.9. The molecule has 4 aliphatic carbocycles. The Morgan fingerprint density at radius 3 is 2.12 bits per heavy atom. The normalized spacial score (nSPS) is 36.3. The number of allylic oxidation sites excluding steroid dienone is 1. The first-order chi connectivity index (χ1) is 19.8. The first-order valence-electron chi connectivity index (χ1n) is 15.5. The molecule has 9 nitrogen and oxygen atoms in total. The van der Waals surface area contributed by atoms with Crippen LogP contribution >= 0.6 is 0 Å². The molecule has 0 radical (unpaired) electrons. The molecule has 0 aromatic heterocycles. The van der Waals surface area contributed by atoms with Crippen molar-refractivity contribution >= 4 is 40.9 Å². The smallest absolute Gasteiger partial charge is 0.309 e. The molecule has 0 amide bonds.